The summed E-state index contributed by atoms with van der Waals surface area (Å²) in [5.74, 6) is -0.795. The Morgan fingerprint density at radius 1 is 1.20 bits per heavy atom. The highest BCUT2D eigenvalue weighted by molar-refractivity contribution is 6.01. The number of cyclic esters (lactones) is 1. The lowest BCUT2D eigenvalue weighted by molar-refractivity contribution is -0.170. The van der Waals surface area contributed by atoms with E-state index in [0.717, 1.165) is 5.71 Å². The van der Waals surface area contributed by atoms with Crippen molar-refractivity contribution in [1.29, 1.82) is 0 Å². The van der Waals surface area contributed by atoms with E-state index in [0.29, 0.717) is 25.9 Å². The van der Waals surface area contributed by atoms with Gasteiger partial charge in [-0.2, -0.15) is 0 Å². The van der Waals surface area contributed by atoms with Crippen molar-refractivity contribution in [2.75, 3.05) is 20.2 Å². The van der Waals surface area contributed by atoms with Crippen molar-refractivity contribution in [2.45, 2.75) is 84.7 Å². The average Bonchev–Trinajstić information content (AvgIpc) is 2.95. The molecule has 0 aromatic rings. The van der Waals surface area contributed by atoms with Gasteiger partial charge >= 0.3 is 12.1 Å². The minimum Gasteiger partial charge on any atom is -0.458 e. The molecule has 0 unspecified atom stereocenters. The molecule has 194 valence electrons. The number of hydrogen-bond acceptors (Lipinski definition) is 7. The number of amides is 1. The number of fused-ring (bicyclic) bond motifs is 1. The fourth-order valence-corrected chi connectivity index (χ4v) is 6.41. The van der Waals surface area contributed by atoms with Gasteiger partial charge in [0, 0.05) is 31.2 Å². The maximum absolute atomic E-state index is 13.4. The van der Waals surface area contributed by atoms with Crippen molar-refractivity contribution in [3.8, 4) is 12.3 Å². The SMILES string of the molecule is C#C[C@H]1C(=O)[C@@H](C)C(=O)O[C@H](CC)[C@@]2(C)OC(=O)N3CCN=C([C@H](C)C[C@@](C)(OC)[C@@H]1C)[C@H](C)[C@@H]32. The first-order chi connectivity index (χ1) is 16.4. The number of rotatable bonds is 2. The van der Waals surface area contributed by atoms with Gasteiger partial charge in [0.1, 0.15) is 12.0 Å². The number of carbonyl (C=O) groups is 3. The van der Waals surface area contributed by atoms with Crippen molar-refractivity contribution in [3.63, 3.8) is 0 Å². The molecule has 9 atom stereocenters. The van der Waals surface area contributed by atoms with Crippen molar-refractivity contribution in [2.24, 2.45) is 34.6 Å². The smallest absolute Gasteiger partial charge is 0.410 e. The van der Waals surface area contributed by atoms with Gasteiger partial charge in [-0.25, -0.2) is 4.79 Å². The molecule has 8 heteroatoms. The third kappa shape index (κ3) is 4.48. The van der Waals surface area contributed by atoms with Crippen LogP contribution in [0.2, 0.25) is 0 Å². The maximum atomic E-state index is 13.4. The summed E-state index contributed by atoms with van der Waals surface area (Å²) in [6.07, 6.45) is 5.68. The Labute approximate surface area is 209 Å². The minimum atomic E-state index is -1.10. The number of nitrogens with zero attached hydrogens (tertiary/aromatic N) is 2. The molecule has 0 saturated carbocycles. The Bertz CT molecular complexity index is 940. The van der Waals surface area contributed by atoms with Gasteiger partial charge < -0.3 is 14.2 Å². The molecule has 1 amide bonds. The number of terminal acetylenes is 1. The van der Waals surface area contributed by atoms with Crippen LogP contribution < -0.4 is 0 Å². The van der Waals surface area contributed by atoms with Crippen LogP contribution in [0, 0.1) is 41.9 Å². The van der Waals surface area contributed by atoms with E-state index in [2.05, 4.69) is 19.8 Å². The van der Waals surface area contributed by atoms with Gasteiger partial charge in [0.15, 0.2) is 11.4 Å². The van der Waals surface area contributed by atoms with E-state index < -0.39 is 41.2 Å². The monoisotopic (exact) mass is 488 g/mol. The molecule has 3 aliphatic rings. The predicted molar refractivity (Wildman–Crippen MR) is 132 cm³/mol. The standard InChI is InChI=1S/C27H40N2O6/c1-10-19-18(6)26(7,33-9)14-15(3)21-16(4)23-27(8,35-25(32)29(23)13-12-28-21)20(11-2)34-24(31)17(5)22(19)30/h1,15-20,23H,11-14H2,2-9H3/t15-,16+,17-,18-,19-,20-,23-,26-,27-/m1/s1. The lowest BCUT2D eigenvalue weighted by atomic mass is 9.70. The van der Waals surface area contributed by atoms with Crippen molar-refractivity contribution >= 4 is 23.6 Å². The zero-order valence-corrected chi connectivity index (χ0v) is 22.3. The van der Waals surface area contributed by atoms with Crippen LogP contribution in [0.25, 0.3) is 0 Å². The Kier molecular flexibility index (Phi) is 7.71. The van der Waals surface area contributed by atoms with E-state index in [-0.39, 0.29) is 29.6 Å². The van der Waals surface area contributed by atoms with Crippen LogP contribution in [-0.2, 0) is 23.8 Å². The van der Waals surface area contributed by atoms with Gasteiger partial charge in [-0.1, -0.05) is 33.6 Å². The molecule has 2 saturated heterocycles. The number of Topliss-reactive ketones (excluding diaryl/α,β-unsaturated/α-hetero) is 1. The number of methoxy groups -OCH3 is 1. The first-order valence-electron chi connectivity index (χ1n) is 12.7. The maximum Gasteiger partial charge on any atom is 0.410 e. The molecule has 0 spiro atoms. The summed E-state index contributed by atoms with van der Waals surface area (Å²) in [4.78, 5) is 46.2. The second kappa shape index (κ2) is 9.93. The lowest BCUT2D eigenvalue weighted by Gasteiger charge is -2.43. The molecule has 0 aliphatic carbocycles. The molecule has 3 heterocycles. The lowest BCUT2D eigenvalue weighted by Crippen LogP contribution is -2.57. The zero-order valence-electron chi connectivity index (χ0n) is 22.3. The molecule has 3 aliphatic heterocycles. The van der Waals surface area contributed by atoms with Crippen molar-refractivity contribution in [3.05, 3.63) is 0 Å². The molecule has 2 bridgehead atoms. The van der Waals surface area contributed by atoms with Gasteiger partial charge in [-0.3, -0.25) is 19.5 Å². The third-order valence-corrected chi connectivity index (χ3v) is 8.72. The number of esters is 1. The molecule has 0 aromatic heterocycles. The molecule has 2 fully saturated rings. The Hall–Kier alpha value is -2.40. The van der Waals surface area contributed by atoms with Crippen LogP contribution in [0.4, 0.5) is 4.79 Å². The van der Waals surface area contributed by atoms with Crippen molar-refractivity contribution < 1.29 is 28.6 Å². The normalized spacial score (nSPS) is 42.8. The van der Waals surface area contributed by atoms with E-state index in [1.165, 1.54) is 6.92 Å². The Morgan fingerprint density at radius 2 is 1.86 bits per heavy atom. The third-order valence-electron chi connectivity index (χ3n) is 8.72. The van der Waals surface area contributed by atoms with Crippen LogP contribution in [0.1, 0.15) is 61.3 Å². The number of hydrogen-bond donors (Lipinski definition) is 0. The van der Waals surface area contributed by atoms with E-state index in [4.69, 9.17) is 25.6 Å². The highest BCUT2D eigenvalue weighted by Crippen LogP contribution is 2.43. The quantitative estimate of drug-likeness (QED) is 0.335. The first-order valence-corrected chi connectivity index (χ1v) is 12.7. The first kappa shape index (κ1) is 27.2. The number of carbonyl (C=O) groups excluding carboxylic acids is 3. The summed E-state index contributed by atoms with van der Waals surface area (Å²) in [6.45, 7) is 14.1. The summed E-state index contributed by atoms with van der Waals surface area (Å²) in [5.41, 5.74) is -0.874. The molecule has 3 rings (SSSR count). The van der Waals surface area contributed by atoms with E-state index in [9.17, 15) is 14.4 Å². The fraction of sp³-hybridized carbons (Fsp3) is 0.778. The molecule has 0 aromatic carbocycles. The van der Waals surface area contributed by atoms with Crippen LogP contribution in [-0.4, -0.2) is 72.0 Å². The minimum absolute atomic E-state index is 0.00572. The largest absolute Gasteiger partial charge is 0.458 e. The summed E-state index contributed by atoms with van der Waals surface area (Å²) >= 11 is 0. The summed E-state index contributed by atoms with van der Waals surface area (Å²) in [6, 6.07) is -0.366. The number of aliphatic imine (C=N–C) groups is 1. The van der Waals surface area contributed by atoms with E-state index in [1.54, 1.807) is 12.0 Å². The van der Waals surface area contributed by atoms with Gasteiger partial charge in [0.2, 0.25) is 0 Å². The van der Waals surface area contributed by atoms with Crippen molar-refractivity contribution in [1.82, 2.24) is 4.90 Å². The highest BCUT2D eigenvalue weighted by atomic mass is 16.6. The van der Waals surface area contributed by atoms with Gasteiger partial charge in [-0.15, -0.1) is 6.42 Å². The van der Waals surface area contributed by atoms with Gasteiger partial charge in [0.25, 0.3) is 0 Å². The molecule has 0 N–H and O–H groups in total. The summed E-state index contributed by atoms with van der Waals surface area (Å²) in [5, 5.41) is 0. The molecular formula is C27H40N2O6. The van der Waals surface area contributed by atoms with Gasteiger partial charge in [0.05, 0.1) is 24.1 Å². The van der Waals surface area contributed by atoms with Crippen LogP contribution in [0.5, 0.6) is 0 Å². The molecule has 0 radical (unpaired) electrons. The van der Waals surface area contributed by atoms with Crippen LogP contribution in [0.15, 0.2) is 4.99 Å². The fourth-order valence-electron chi connectivity index (χ4n) is 6.41. The zero-order chi connectivity index (χ0) is 26.3. The molecule has 8 nitrogen and oxygen atoms in total. The average molecular weight is 489 g/mol. The van der Waals surface area contributed by atoms with Crippen LogP contribution in [0.3, 0.4) is 0 Å². The van der Waals surface area contributed by atoms with E-state index in [1.807, 2.05) is 27.7 Å². The number of ketones is 1. The topological polar surface area (TPSA) is 94.5 Å². The van der Waals surface area contributed by atoms with Crippen LogP contribution >= 0.6 is 0 Å². The summed E-state index contributed by atoms with van der Waals surface area (Å²) < 4.78 is 17.9. The number of ether oxygens (including phenoxy) is 3. The Morgan fingerprint density at radius 3 is 2.43 bits per heavy atom. The Balaban J connectivity index is 2.17. The second-order valence-electron chi connectivity index (χ2n) is 10.8. The van der Waals surface area contributed by atoms with Gasteiger partial charge in [-0.05, 0) is 39.5 Å². The predicted octanol–water partition coefficient (Wildman–Crippen LogP) is 3.51. The second-order valence-corrected chi connectivity index (χ2v) is 10.8. The molecule has 35 heavy (non-hydrogen) atoms. The molecular weight excluding hydrogens is 448 g/mol. The summed E-state index contributed by atoms with van der Waals surface area (Å²) in [7, 11) is 1.62. The highest BCUT2D eigenvalue weighted by Gasteiger charge is 2.60. The van der Waals surface area contributed by atoms with E-state index >= 15 is 0 Å².